The highest BCUT2D eigenvalue weighted by Crippen LogP contribution is 2.32. The number of hydrogen-bond donors (Lipinski definition) is 0. The zero-order chi connectivity index (χ0) is 15.3. The van der Waals surface area contributed by atoms with Crippen molar-refractivity contribution in [2.45, 2.75) is 41.5 Å². The van der Waals surface area contributed by atoms with Crippen LogP contribution in [0.4, 0.5) is 0 Å². The van der Waals surface area contributed by atoms with Crippen molar-refractivity contribution in [3.05, 3.63) is 70.8 Å². The van der Waals surface area contributed by atoms with E-state index < -0.39 is 0 Å². The third-order valence-corrected chi connectivity index (χ3v) is 3.65. The Morgan fingerprint density at radius 1 is 1.10 bits per heavy atom. The summed E-state index contributed by atoms with van der Waals surface area (Å²) < 4.78 is 0. The van der Waals surface area contributed by atoms with Gasteiger partial charge in [0.15, 0.2) is 0 Å². The highest BCUT2D eigenvalue weighted by molar-refractivity contribution is 5.85. The van der Waals surface area contributed by atoms with Gasteiger partial charge in [0.2, 0.25) is 0 Å². The normalized spacial score (nSPS) is 11.8. The molecule has 1 aromatic rings. The Morgan fingerprint density at radius 2 is 1.75 bits per heavy atom. The van der Waals surface area contributed by atoms with E-state index in [-0.39, 0.29) is 0 Å². The second-order valence-electron chi connectivity index (χ2n) is 5.29. The molecule has 0 atom stereocenters. The summed E-state index contributed by atoms with van der Waals surface area (Å²) in [5.74, 6) is 0. The summed E-state index contributed by atoms with van der Waals surface area (Å²) in [6.45, 7) is 16.8. The molecule has 0 saturated carbocycles. The number of benzene rings is 1. The maximum Gasteiger partial charge on any atom is -0.0120 e. The van der Waals surface area contributed by atoms with Gasteiger partial charge in [-0.2, -0.15) is 0 Å². The minimum absolute atomic E-state index is 1.25. The SMILES string of the molecule is C=CC(=C(C)C)c1c(C)ccc(C(/C=C\C)=C/C)c1C. The lowest BCUT2D eigenvalue weighted by atomic mass is 9.87. The van der Waals surface area contributed by atoms with Gasteiger partial charge in [0.05, 0.1) is 0 Å². The Labute approximate surface area is 124 Å². The second kappa shape index (κ2) is 7.09. The zero-order valence-electron chi connectivity index (χ0n) is 13.7. The molecule has 0 N–H and O–H groups in total. The molecule has 0 amide bonds. The lowest BCUT2D eigenvalue weighted by molar-refractivity contribution is 1.29. The topological polar surface area (TPSA) is 0 Å². The lowest BCUT2D eigenvalue weighted by Gasteiger charge is -2.17. The molecule has 0 bridgehead atoms. The molecule has 20 heavy (non-hydrogen) atoms. The molecule has 0 unspecified atom stereocenters. The van der Waals surface area contributed by atoms with Crippen LogP contribution in [0, 0.1) is 13.8 Å². The Bertz CT molecular complexity index is 589. The highest BCUT2D eigenvalue weighted by atomic mass is 14.2. The molecule has 0 heteroatoms. The first kappa shape index (κ1) is 16.2. The predicted molar refractivity (Wildman–Crippen MR) is 92.8 cm³/mol. The maximum atomic E-state index is 3.99. The van der Waals surface area contributed by atoms with Crippen LogP contribution in [-0.2, 0) is 0 Å². The van der Waals surface area contributed by atoms with Crippen molar-refractivity contribution in [2.24, 2.45) is 0 Å². The number of rotatable bonds is 4. The van der Waals surface area contributed by atoms with Gasteiger partial charge in [-0.15, -0.1) is 0 Å². The molecular formula is C20H26. The summed E-state index contributed by atoms with van der Waals surface area (Å²) in [5, 5.41) is 0. The van der Waals surface area contributed by atoms with Gasteiger partial charge in [-0.3, -0.25) is 0 Å². The lowest BCUT2D eigenvalue weighted by Crippen LogP contribution is -1.98. The molecule has 0 spiro atoms. The molecule has 0 saturated heterocycles. The summed E-state index contributed by atoms with van der Waals surface area (Å²) in [6.07, 6.45) is 8.39. The molecule has 0 fully saturated rings. The van der Waals surface area contributed by atoms with Crippen molar-refractivity contribution >= 4 is 11.1 Å². The maximum absolute atomic E-state index is 3.99. The van der Waals surface area contributed by atoms with E-state index in [0.29, 0.717) is 0 Å². The molecule has 0 heterocycles. The number of allylic oxidation sites excluding steroid dienone is 7. The van der Waals surface area contributed by atoms with E-state index in [4.69, 9.17) is 0 Å². The number of hydrogen-bond acceptors (Lipinski definition) is 0. The first-order valence-corrected chi connectivity index (χ1v) is 7.17. The predicted octanol–water partition coefficient (Wildman–Crippen LogP) is 6.26. The molecule has 0 aromatic heterocycles. The van der Waals surface area contributed by atoms with Gasteiger partial charge in [0.25, 0.3) is 0 Å². The zero-order valence-corrected chi connectivity index (χ0v) is 13.7. The van der Waals surface area contributed by atoms with Gasteiger partial charge in [-0.05, 0) is 74.9 Å². The van der Waals surface area contributed by atoms with Gasteiger partial charge in [0, 0.05) is 0 Å². The summed E-state index contributed by atoms with van der Waals surface area (Å²) in [7, 11) is 0. The largest absolute Gasteiger partial charge is 0.0984 e. The van der Waals surface area contributed by atoms with E-state index in [1.54, 1.807) is 0 Å². The molecule has 0 aliphatic heterocycles. The van der Waals surface area contributed by atoms with Gasteiger partial charge in [-0.25, -0.2) is 0 Å². The molecule has 0 radical (unpaired) electrons. The van der Waals surface area contributed by atoms with Crippen LogP contribution >= 0.6 is 0 Å². The van der Waals surface area contributed by atoms with Crippen molar-refractivity contribution in [2.75, 3.05) is 0 Å². The third-order valence-electron chi connectivity index (χ3n) is 3.65. The molecule has 0 aliphatic carbocycles. The average molecular weight is 266 g/mol. The van der Waals surface area contributed by atoms with Crippen LogP contribution in [0.1, 0.15) is 49.9 Å². The molecule has 0 aliphatic rings. The van der Waals surface area contributed by atoms with Crippen LogP contribution in [0.25, 0.3) is 11.1 Å². The Hall–Kier alpha value is -1.82. The van der Waals surface area contributed by atoms with Crippen molar-refractivity contribution in [1.82, 2.24) is 0 Å². The smallest absolute Gasteiger partial charge is 0.0120 e. The molecule has 106 valence electrons. The van der Waals surface area contributed by atoms with Crippen LogP contribution in [0.5, 0.6) is 0 Å². The van der Waals surface area contributed by atoms with Crippen molar-refractivity contribution < 1.29 is 0 Å². The summed E-state index contributed by atoms with van der Waals surface area (Å²) in [5.41, 5.74) is 9.07. The van der Waals surface area contributed by atoms with E-state index in [2.05, 4.69) is 78.5 Å². The molecule has 0 nitrogen and oxygen atoms in total. The first-order chi connectivity index (χ1) is 9.47. The van der Waals surface area contributed by atoms with E-state index in [1.807, 2.05) is 6.08 Å². The van der Waals surface area contributed by atoms with E-state index in [0.717, 1.165) is 0 Å². The van der Waals surface area contributed by atoms with Crippen LogP contribution in [0.3, 0.4) is 0 Å². The van der Waals surface area contributed by atoms with E-state index in [1.165, 1.54) is 39.0 Å². The Kier molecular flexibility index (Phi) is 5.76. The minimum Gasteiger partial charge on any atom is -0.0984 e. The van der Waals surface area contributed by atoms with Crippen molar-refractivity contribution in [3.63, 3.8) is 0 Å². The number of aryl methyl sites for hydroxylation is 1. The second-order valence-corrected chi connectivity index (χ2v) is 5.29. The minimum atomic E-state index is 1.25. The fourth-order valence-electron chi connectivity index (χ4n) is 2.65. The summed E-state index contributed by atoms with van der Waals surface area (Å²) in [4.78, 5) is 0. The van der Waals surface area contributed by atoms with Gasteiger partial charge >= 0.3 is 0 Å². The van der Waals surface area contributed by atoms with Crippen LogP contribution < -0.4 is 0 Å². The van der Waals surface area contributed by atoms with Gasteiger partial charge in [-0.1, -0.05) is 48.6 Å². The van der Waals surface area contributed by atoms with Crippen LogP contribution in [0.15, 0.2) is 48.6 Å². The van der Waals surface area contributed by atoms with Crippen LogP contribution in [0.2, 0.25) is 0 Å². The first-order valence-electron chi connectivity index (χ1n) is 7.17. The Morgan fingerprint density at radius 3 is 2.20 bits per heavy atom. The van der Waals surface area contributed by atoms with Crippen molar-refractivity contribution in [3.8, 4) is 0 Å². The van der Waals surface area contributed by atoms with Gasteiger partial charge in [0.1, 0.15) is 0 Å². The van der Waals surface area contributed by atoms with E-state index in [9.17, 15) is 0 Å². The fourth-order valence-corrected chi connectivity index (χ4v) is 2.65. The van der Waals surface area contributed by atoms with E-state index >= 15 is 0 Å². The Balaban J connectivity index is 3.65. The summed E-state index contributed by atoms with van der Waals surface area (Å²) in [6, 6.07) is 4.42. The van der Waals surface area contributed by atoms with Gasteiger partial charge < -0.3 is 0 Å². The molecule has 1 aromatic carbocycles. The molecule has 1 rings (SSSR count). The summed E-state index contributed by atoms with van der Waals surface area (Å²) >= 11 is 0. The standard InChI is InChI=1S/C20H26/c1-8-11-17(9-2)19-13-12-15(6)20(16(19)7)18(10-3)14(4)5/h8-13H,3H2,1-2,4-7H3/b11-8-,17-9+. The van der Waals surface area contributed by atoms with Crippen molar-refractivity contribution in [1.29, 1.82) is 0 Å². The molecular weight excluding hydrogens is 240 g/mol. The third kappa shape index (κ3) is 3.19. The average Bonchev–Trinajstić information content (AvgIpc) is 2.41. The van der Waals surface area contributed by atoms with Crippen LogP contribution in [-0.4, -0.2) is 0 Å². The highest BCUT2D eigenvalue weighted by Gasteiger charge is 2.12. The fraction of sp³-hybridized carbons (Fsp3) is 0.300. The monoisotopic (exact) mass is 266 g/mol. The quantitative estimate of drug-likeness (QED) is 0.564.